The number of nitrogens with two attached hydrogens (primary N) is 1. The minimum atomic E-state index is -0.108. The van der Waals surface area contributed by atoms with E-state index in [0.717, 1.165) is 22.3 Å². The Morgan fingerprint density at radius 2 is 2.30 bits per heavy atom. The quantitative estimate of drug-likeness (QED) is 0.880. The summed E-state index contributed by atoms with van der Waals surface area (Å²) < 4.78 is 0. The van der Waals surface area contributed by atoms with Crippen molar-refractivity contribution in [1.82, 2.24) is 9.88 Å². The molecule has 5 heteroatoms. The molecule has 0 saturated carbocycles. The number of terminal acetylenes is 1. The summed E-state index contributed by atoms with van der Waals surface area (Å²) in [6.07, 6.45) is 6.18. The Bertz CT molecular complexity index is 684. The van der Waals surface area contributed by atoms with Gasteiger partial charge in [-0.25, -0.2) is 4.98 Å². The van der Waals surface area contributed by atoms with Crippen LogP contribution in [0.5, 0.6) is 0 Å². The number of rotatable bonds is 4. The van der Waals surface area contributed by atoms with Crippen molar-refractivity contribution < 1.29 is 4.79 Å². The normalized spacial score (nSPS) is 10.4. The summed E-state index contributed by atoms with van der Waals surface area (Å²) in [5.41, 5.74) is 7.50. The van der Waals surface area contributed by atoms with Crippen LogP contribution in [0.15, 0.2) is 12.1 Å². The Balaban J connectivity index is 2.43. The first-order valence-corrected chi connectivity index (χ1v) is 7.28. The third-order valence-electron chi connectivity index (χ3n) is 2.99. The Morgan fingerprint density at radius 1 is 1.55 bits per heavy atom. The second kappa shape index (κ2) is 5.93. The van der Waals surface area contributed by atoms with Crippen molar-refractivity contribution in [1.29, 1.82) is 0 Å². The SMILES string of the molecule is C#CCN(CCC)C(=O)c1sc2nc(C)ccc2c1N. The highest BCUT2D eigenvalue weighted by Gasteiger charge is 2.21. The highest BCUT2D eigenvalue weighted by atomic mass is 32.1. The molecule has 0 radical (unpaired) electrons. The molecule has 0 saturated heterocycles. The maximum Gasteiger partial charge on any atom is 0.266 e. The zero-order valence-electron chi connectivity index (χ0n) is 11.6. The minimum absolute atomic E-state index is 0.108. The Hall–Kier alpha value is -2.06. The van der Waals surface area contributed by atoms with Gasteiger partial charge in [-0.05, 0) is 25.5 Å². The zero-order chi connectivity index (χ0) is 14.7. The van der Waals surface area contributed by atoms with Crippen LogP contribution in [0.3, 0.4) is 0 Å². The van der Waals surface area contributed by atoms with Crippen LogP contribution in [-0.4, -0.2) is 28.9 Å². The lowest BCUT2D eigenvalue weighted by molar-refractivity contribution is 0.0782. The lowest BCUT2D eigenvalue weighted by Gasteiger charge is -2.18. The van der Waals surface area contributed by atoms with E-state index in [-0.39, 0.29) is 5.91 Å². The van der Waals surface area contributed by atoms with Gasteiger partial charge in [-0.3, -0.25) is 4.79 Å². The number of amides is 1. The van der Waals surface area contributed by atoms with Crippen molar-refractivity contribution in [3.63, 3.8) is 0 Å². The minimum Gasteiger partial charge on any atom is -0.397 e. The van der Waals surface area contributed by atoms with Gasteiger partial charge in [-0.1, -0.05) is 12.8 Å². The molecule has 0 aromatic carbocycles. The van der Waals surface area contributed by atoms with Crippen molar-refractivity contribution in [2.75, 3.05) is 18.8 Å². The van der Waals surface area contributed by atoms with E-state index in [2.05, 4.69) is 10.9 Å². The molecular weight excluding hydrogens is 270 g/mol. The average Bonchev–Trinajstić information content (AvgIpc) is 2.74. The number of nitrogens with zero attached hydrogens (tertiary/aromatic N) is 2. The summed E-state index contributed by atoms with van der Waals surface area (Å²) in [5.74, 6) is 2.41. The highest BCUT2D eigenvalue weighted by molar-refractivity contribution is 7.21. The molecule has 0 fully saturated rings. The fourth-order valence-corrected chi connectivity index (χ4v) is 3.13. The standard InChI is InChI=1S/C15H17N3OS/c1-4-8-18(9-5-2)15(19)13-12(16)11-7-6-10(3)17-14(11)20-13/h1,6-7H,5,8-9,16H2,2-3H3. The van der Waals surface area contributed by atoms with Crippen LogP contribution in [0.2, 0.25) is 0 Å². The zero-order valence-corrected chi connectivity index (χ0v) is 12.5. The number of carbonyl (C=O) groups excluding carboxylic acids is 1. The van der Waals surface area contributed by atoms with E-state index < -0.39 is 0 Å². The summed E-state index contributed by atoms with van der Waals surface area (Å²) in [6.45, 7) is 4.85. The fourth-order valence-electron chi connectivity index (χ4n) is 2.02. The van der Waals surface area contributed by atoms with Gasteiger partial charge in [0.15, 0.2) is 0 Å². The number of thiophene rings is 1. The first-order valence-electron chi connectivity index (χ1n) is 6.46. The largest absolute Gasteiger partial charge is 0.397 e. The monoisotopic (exact) mass is 287 g/mol. The van der Waals surface area contributed by atoms with E-state index >= 15 is 0 Å². The molecule has 1 amide bonds. The van der Waals surface area contributed by atoms with Crippen LogP contribution >= 0.6 is 11.3 Å². The number of nitrogen functional groups attached to an aromatic ring is 1. The number of hydrogen-bond acceptors (Lipinski definition) is 4. The Kier molecular flexibility index (Phi) is 4.26. The molecule has 0 aliphatic rings. The lowest BCUT2D eigenvalue weighted by Crippen LogP contribution is -2.32. The molecule has 2 N–H and O–H groups in total. The average molecular weight is 287 g/mol. The van der Waals surface area contributed by atoms with Crippen LogP contribution < -0.4 is 5.73 Å². The maximum atomic E-state index is 12.5. The molecule has 2 rings (SSSR count). The summed E-state index contributed by atoms with van der Waals surface area (Å²) in [5, 5.41) is 0.834. The molecule has 0 spiro atoms. The predicted octanol–water partition coefficient (Wildman–Crippen LogP) is 2.67. The van der Waals surface area contributed by atoms with Gasteiger partial charge >= 0.3 is 0 Å². The molecule has 0 aliphatic carbocycles. The molecule has 0 atom stereocenters. The Labute approximate surface area is 122 Å². The van der Waals surface area contributed by atoms with Gasteiger partial charge in [0.1, 0.15) is 9.71 Å². The van der Waals surface area contributed by atoms with Gasteiger partial charge in [0.25, 0.3) is 5.91 Å². The second-order valence-electron chi connectivity index (χ2n) is 4.58. The molecule has 2 heterocycles. The van der Waals surface area contributed by atoms with Crippen molar-refractivity contribution >= 4 is 33.1 Å². The lowest BCUT2D eigenvalue weighted by atomic mass is 10.2. The van der Waals surface area contributed by atoms with Crippen molar-refractivity contribution in [3.8, 4) is 12.3 Å². The van der Waals surface area contributed by atoms with Gasteiger partial charge in [0.2, 0.25) is 0 Å². The molecule has 20 heavy (non-hydrogen) atoms. The Morgan fingerprint density at radius 3 is 2.95 bits per heavy atom. The second-order valence-corrected chi connectivity index (χ2v) is 5.58. The van der Waals surface area contributed by atoms with Gasteiger partial charge < -0.3 is 10.6 Å². The summed E-state index contributed by atoms with van der Waals surface area (Å²) in [4.78, 5) is 19.9. The van der Waals surface area contributed by atoms with E-state index in [4.69, 9.17) is 12.2 Å². The number of hydrogen-bond donors (Lipinski definition) is 1. The van der Waals surface area contributed by atoms with E-state index in [0.29, 0.717) is 23.7 Å². The van der Waals surface area contributed by atoms with Gasteiger partial charge in [0, 0.05) is 17.6 Å². The number of carbonyl (C=O) groups is 1. The van der Waals surface area contributed by atoms with Crippen molar-refractivity contribution in [2.24, 2.45) is 0 Å². The molecule has 104 valence electrons. The topological polar surface area (TPSA) is 59.2 Å². The first kappa shape index (κ1) is 14.4. The number of aryl methyl sites for hydroxylation is 1. The fraction of sp³-hybridized carbons (Fsp3) is 0.333. The molecule has 4 nitrogen and oxygen atoms in total. The van der Waals surface area contributed by atoms with Crippen LogP contribution in [-0.2, 0) is 0 Å². The van der Waals surface area contributed by atoms with E-state index in [9.17, 15) is 4.79 Å². The highest BCUT2D eigenvalue weighted by Crippen LogP contribution is 2.33. The van der Waals surface area contributed by atoms with E-state index in [1.165, 1.54) is 11.3 Å². The van der Waals surface area contributed by atoms with E-state index in [1.54, 1.807) is 4.90 Å². The molecule has 2 aromatic rings. The summed E-state index contributed by atoms with van der Waals surface area (Å²) >= 11 is 1.33. The third kappa shape index (κ3) is 2.61. The van der Waals surface area contributed by atoms with Gasteiger partial charge in [-0.2, -0.15) is 0 Å². The van der Waals surface area contributed by atoms with Crippen LogP contribution in [0.4, 0.5) is 5.69 Å². The van der Waals surface area contributed by atoms with Gasteiger partial charge in [0.05, 0.1) is 12.2 Å². The van der Waals surface area contributed by atoms with Crippen LogP contribution in [0.25, 0.3) is 10.2 Å². The van der Waals surface area contributed by atoms with Crippen molar-refractivity contribution in [2.45, 2.75) is 20.3 Å². The number of pyridine rings is 1. The molecule has 0 unspecified atom stereocenters. The van der Waals surface area contributed by atoms with Gasteiger partial charge in [-0.15, -0.1) is 17.8 Å². The smallest absolute Gasteiger partial charge is 0.266 e. The number of fused-ring (bicyclic) bond motifs is 1. The number of aromatic nitrogens is 1. The molecular formula is C15H17N3OS. The van der Waals surface area contributed by atoms with Crippen LogP contribution in [0, 0.1) is 19.3 Å². The van der Waals surface area contributed by atoms with E-state index in [1.807, 2.05) is 26.0 Å². The van der Waals surface area contributed by atoms with Crippen molar-refractivity contribution in [3.05, 3.63) is 22.7 Å². The predicted molar refractivity (Wildman–Crippen MR) is 83.8 cm³/mol. The first-order chi connectivity index (χ1) is 9.58. The number of anilines is 1. The summed E-state index contributed by atoms with van der Waals surface area (Å²) in [7, 11) is 0. The maximum absolute atomic E-state index is 12.5. The van der Waals surface area contributed by atoms with Crippen LogP contribution in [0.1, 0.15) is 28.7 Å². The molecule has 0 aliphatic heterocycles. The summed E-state index contributed by atoms with van der Waals surface area (Å²) in [6, 6.07) is 3.80. The third-order valence-corrected chi connectivity index (χ3v) is 4.09. The molecule has 0 bridgehead atoms. The molecule has 2 aromatic heterocycles.